The van der Waals surface area contributed by atoms with Gasteiger partial charge in [-0.15, -0.1) is 0 Å². The lowest BCUT2D eigenvalue weighted by Gasteiger charge is -2.31. The van der Waals surface area contributed by atoms with Gasteiger partial charge in [-0.1, -0.05) is 74.5 Å². The highest BCUT2D eigenvalue weighted by Gasteiger charge is 2.23. The summed E-state index contributed by atoms with van der Waals surface area (Å²) in [6.07, 6.45) is 11.4. The molecule has 0 aliphatic heterocycles. The van der Waals surface area contributed by atoms with Gasteiger partial charge in [0.05, 0.1) is 12.4 Å². The molecule has 0 aliphatic carbocycles. The van der Waals surface area contributed by atoms with Crippen LogP contribution in [0.4, 0.5) is 0 Å². The summed E-state index contributed by atoms with van der Waals surface area (Å²) in [4.78, 5) is 0. The number of rotatable bonds is 8. The van der Waals surface area contributed by atoms with Crippen molar-refractivity contribution >= 4 is 0 Å². The normalized spacial score (nSPS) is 12.3. The Kier molecular flexibility index (Phi) is 6.83. The van der Waals surface area contributed by atoms with Gasteiger partial charge >= 0.3 is 0 Å². The van der Waals surface area contributed by atoms with Crippen LogP contribution in [0.1, 0.15) is 37.8 Å². The van der Waals surface area contributed by atoms with Crippen LogP contribution in [-0.4, -0.2) is 4.48 Å². The van der Waals surface area contributed by atoms with E-state index in [9.17, 15) is 0 Å². The van der Waals surface area contributed by atoms with Crippen molar-refractivity contribution < 1.29 is 4.48 Å². The number of quaternary nitrogens is 1. The maximum atomic E-state index is 2.35. The zero-order chi connectivity index (χ0) is 16.4. The van der Waals surface area contributed by atoms with Crippen LogP contribution in [0.15, 0.2) is 85.2 Å². The third kappa shape index (κ3) is 5.54. The van der Waals surface area contributed by atoms with Crippen LogP contribution in [0.2, 0.25) is 0 Å². The summed E-state index contributed by atoms with van der Waals surface area (Å²) in [5.41, 5.74) is 2.73. The second kappa shape index (κ2) is 9.12. The highest BCUT2D eigenvalue weighted by Crippen LogP contribution is 2.22. The van der Waals surface area contributed by atoms with Gasteiger partial charge in [0.2, 0.25) is 0 Å². The second-order valence-electron chi connectivity index (χ2n) is 5.98. The van der Waals surface area contributed by atoms with Crippen LogP contribution in [0.3, 0.4) is 0 Å². The van der Waals surface area contributed by atoms with Gasteiger partial charge in [0, 0.05) is 11.1 Å². The van der Waals surface area contributed by atoms with Gasteiger partial charge in [-0.3, -0.25) is 4.48 Å². The fraction of sp³-hybridized carbons (Fsp3) is 0.273. The molecule has 0 fully saturated rings. The summed E-state index contributed by atoms with van der Waals surface area (Å²) in [5, 5.41) is 0. The van der Waals surface area contributed by atoms with E-state index >= 15 is 0 Å². The molecule has 1 heteroatoms. The van der Waals surface area contributed by atoms with Crippen molar-refractivity contribution in [3.8, 4) is 0 Å². The van der Waals surface area contributed by atoms with Crippen molar-refractivity contribution in [2.45, 2.75) is 39.8 Å². The van der Waals surface area contributed by atoms with E-state index in [-0.39, 0.29) is 0 Å². The maximum absolute atomic E-state index is 2.35. The zero-order valence-corrected chi connectivity index (χ0v) is 14.4. The van der Waals surface area contributed by atoms with Crippen molar-refractivity contribution in [2.24, 2.45) is 0 Å². The van der Waals surface area contributed by atoms with Crippen LogP contribution >= 0.6 is 0 Å². The first-order valence-electron chi connectivity index (χ1n) is 8.57. The second-order valence-corrected chi connectivity index (χ2v) is 5.98. The first kappa shape index (κ1) is 17.2. The summed E-state index contributed by atoms with van der Waals surface area (Å²) in [5.74, 6) is 0. The molecule has 2 aromatic carbocycles. The summed E-state index contributed by atoms with van der Waals surface area (Å²) < 4.78 is 0.829. The van der Waals surface area contributed by atoms with E-state index in [2.05, 4.69) is 99.1 Å². The van der Waals surface area contributed by atoms with Gasteiger partial charge in [0.25, 0.3) is 0 Å². The standard InChI is InChI=1S/C22H28N/c1-3-5-17-23(18-6-4-2,19-21-13-9-7-10-14-21)20-22-15-11-8-12-16-22/h5-18H,3-4,19-20H2,1-2H3/q+1/b17-5-,18-6+. The molecule has 1 nitrogen and oxygen atoms in total. The minimum Gasteiger partial charge on any atom is -0.264 e. The number of nitrogens with zero attached hydrogens (tertiary/aromatic N) is 1. The minimum atomic E-state index is 0.829. The van der Waals surface area contributed by atoms with E-state index in [1.165, 1.54) is 11.1 Å². The van der Waals surface area contributed by atoms with Gasteiger partial charge in [-0.2, -0.15) is 0 Å². The summed E-state index contributed by atoms with van der Waals surface area (Å²) in [6.45, 7) is 6.34. The predicted molar refractivity (Wildman–Crippen MR) is 99.4 cm³/mol. The van der Waals surface area contributed by atoms with Crippen LogP contribution in [0, 0.1) is 0 Å². The Morgan fingerprint density at radius 3 is 1.39 bits per heavy atom. The summed E-state index contributed by atoms with van der Waals surface area (Å²) in [7, 11) is 0. The molecule has 0 amide bonds. The Hall–Kier alpha value is -2.12. The molecule has 0 saturated heterocycles. The zero-order valence-electron chi connectivity index (χ0n) is 14.4. The molecule has 0 atom stereocenters. The molecule has 120 valence electrons. The fourth-order valence-electron chi connectivity index (χ4n) is 2.79. The van der Waals surface area contributed by atoms with Crippen LogP contribution < -0.4 is 0 Å². The highest BCUT2D eigenvalue weighted by atomic mass is 15.3. The van der Waals surface area contributed by atoms with Crippen molar-refractivity contribution in [3.05, 3.63) is 96.3 Å². The molecule has 0 radical (unpaired) electrons. The van der Waals surface area contributed by atoms with Crippen molar-refractivity contribution in [2.75, 3.05) is 0 Å². The van der Waals surface area contributed by atoms with E-state index < -0.39 is 0 Å². The SMILES string of the molecule is CC/C=C\[N+](/C=C/CC)(Cc1ccccc1)Cc1ccccc1. The third-order valence-corrected chi connectivity index (χ3v) is 3.92. The first-order chi connectivity index (χ1) is 11.3. The quantitative estimate of drug-likeness (QED) is 0.521. The van der Waals surface area contributed by atoms with Gasteiger partial charge < -0.3 is 0 Å². The molecule has 0 bridgehead atoms. The molecule has 0 N–H and O–H groups in total. The molecule has 0 unspecified atom stereocenters. The Balaban J connectivity index is 2.36. The third-order valence-electron chi connectivity index (χ3n) is 3.92. The molecule has 2 rings (SSSR count). The first-order valence-corrected chi connectivity index (χ1v) is 8.57. The number of benzene rings is 2. The van der Waals surface area contributed by atoms with E-state index in [1.807, 2.05) is 0 Å². The molecule has 0 aromatic heterocycles. The highest BCUT2D eigenvalue weighted by molar-refractivity contribution is 5.16. The van der Waals surface area contributed by atoms with Gasteiger partial charge in [-0.05, 0) is 25.0 Å². The maximum Gasteiger partial charge on any atom is 0.113 e. The van der Waals surface area contributed by atoms with Crippen LogP contribution in [0.5, 0.6) is 0 Å². The molecular weight excluding hydrogens is 278 g/mol. The molecular formula is C22H28N+. The summed E-state index contributed by atoms with van der Waals surface area (Å²) in [6, 6.07) is 21.5. The number of hydrogen-bond donors (Lipinski definition) is 0. The molecule has 2 aromatic rings. The van der Waals surface area contributed by atoms with Gasteiger partial charge in [-0.25, -0.2) is 0 Å². The average molecular weight is 306 g/mol. The van der Waals surface area contributed by atoms with E-state index in [4.69, 9.17) is 0 Å². The van der Waals surface area contributed by atoms with Gasteiger partial charge in [0.1, 0.15) is 13.1 Å². The average Bonchev–Trinajstić information content (AvgIpc) is 2.60. The number of hydrogen-bond acceptors (Lipinski definition) is 0. The summed E-state index contributed by atoms with van der Waals surface area (Å²) >= 11 is 0. The molecule has 0 aliphatic rings. The molecule has 0 spiro atoms. The van der Waals surface area contributed by atoms with Crippen molar-refractivity contribution in [3.63, 3.8) is 0 Å². The van der Waals surface area contributed by atoms with E-state index in [0.29, 0.717) is 0 Å². The molecule has 23 heavy (non-hydrogen) atoms. The lowest BCUT2D eigenvalue weighted by atomic mass is 10.1. The minimum absolute atomic E-state index is 0.829. The Morgan fingerprint density at radius 2 is 1.04 bits per heavy atom. The fourth-order valence-corrected chi connectivity index (χ4v) is 2.79. The molecule has 0 saturated carbocycles. The Labute approximate surface area is 141 Å². The van der Waals surface area contributed by atoms with E-state index in [0.717, 1.165) is 30.4 Å². The Bertz CT molecular complexity index is 553. The lowest BCUT2D eigenvalue weighted by molar-refractivity contribution is -0.856. The topological polar surface area (TPSA) is 0 Å². The van der Waals surface area contributed by atoms with Crippen LogP contribution in [-0.2, 0) is 13.1 Å². The van der Waals surface area contributed by atoms with E-state index in [1.54, 1.807) is 0 Å². The smallest absolute Gasteiger partial charge is 0.113 e. The van der Waals surface area contributed by atoms with Crippen LogP contribution in [0.25, 0.3) is 0 Å². The molecule has 0 heterocycles. The Morgan fingerprint density at radius 1 is 0.652 bits per heavy atom. The largest absolute Gasteiger partial charge is 0.264 e. The van der Waals surface area contributed by atoms with Gasteiger partial charge in [0.15, 0.2) is 0 Å². The number of allylic oxidation sites excluding steroid dienone is 2. The monoisotopic (exact) mass is 306 g/mol. The predicted octanol–water partition coefficient (Wildman–Crippen LogP) is 6.05. The van der Waals surface area contributed by atoms with Crippen molar-refractivity contribution in [1.82, 2.24) is 0 Å². The lowest BCUT2D eigenvalue weighted by Crippen LogP contribution is -2.35. The van der Waals surface area contributed by atoms with Crippen molar-refractivity contribution in [1.29, 1.82) is 0 Å².